The van der Waals surface area contributed by atoms with Crippen molar-refractivity contribution in [2.45, 2.75) is 19.3 Å². The largest absolute Gasteiger partial charge is 0.493 e. The topological polar surface area (TPSA) is 35.5 Å². The van der Waals surface area contributed by atoms with Crippen molar-refractivity contribution in [3.8, 4) is 11.5 Å². The zero-order valence-electron chi connectivity index (χ0n) is 9.62. The van der Waals surface area contributed by atoms with E-state index in [1.165, 1.54) is 0 Å². The summed E-state index contributed by atoms with van der Waals surface area (Å²) in [4.78, 5) is 10.6. The molecule has 0 heterocycles. The van der Waals surface area contributed by atoms with Crippen molar-refractivity contribution in [1.29, 1.82) is 0 Å². The number of methoxy groups -OCH3 is 2. The standard InChI is InChI=1S/C12H15BrO3/c1-8(6-7-14)11-9(13)4-5-10(15-2)12(11)16-3/h4-5,7-8H,6H2,1-3H3. The van der Waals surface area contributed by atoms with Gasteiger partial charge in [-0.2, -0.15) is 0 Å². The van der Waals surface area contributed by atoms with Crippen LogP contribution in [0.4, 0.5) is 0 Å². The lowest BCUT2D eigenvalue weighted by atomic mass is 9.97. The van der Waals surface area contributed by atoms with E-state index in [-0.39, 0.29) is 5.92 Å². The molecule has 0 aliphatic heterocycles. The first-order chi connectivity index (χ1) is 7.65. The van der Waals surface area contributed by atoms with Crippen LogP contribution in [0.5, 0.6) is 11.5 Å². The predicted molar refractivity (Wildman–Crippen MR) is 66.3 cm³/mol. The van der Waals surface area contributed by atoms with E-state index in [4.69, 9.17) is 9.47 Å². The second-order valence-corrected chi connectivity index (χ2v) is 4.35. The van der Waals surface area contributed by atoms with Crippen molar-refractivity contribution in [2.24, 2.45) is 0 Å². The molecule has 0 bridgehead atoms. The molecule has 0 saturated carbocycles. The Bertz CT molecular complexity index is 377. The molecule has 0 fully saturated rings. The Balaban J connectivity index is 3.27. The zero-order chi connectivity index (χ0) is 12.1. The Hall–Kier alpha value is -1.03. The molecule has 3 nitrogen and oxygen atoms in total. The van der Waals surface area contributed by atoms with Gasteiger partial charge in [-0.1, -0.05) is 22.9 Å². The first kappa shape index (κ1) is 13.0. The average molecular weight is 287 g/mol. The maximum absolute atomic E-state index is 10.6. The van der Waals surface area contributed by atoms with E-state index < -0.39 is 0 Å². The van der Waals surface area contributed by atoms with Gasteiger partial charge in [0.15, 0.2) is 11.5 Å². The molecular weight excluding hydrogens is 272 g/mol. The van der Waals surface area contributed by atoms with E-state index in [2.05, 4.69) is 15.9 Å². The van der Waals surface area contributed by atoms with Gasteiger partial charge in [-0.05, 0) is 18.1 Å². The summed E-state index contributed by atoms with van der Waals surface area (Å²) in [5, 5.41) is 0. The smallest absolute Gasteiger partial charge is 0.165 e. The highest BCUT2D eigenvalue weighted by Crippen LogP contribution is 2.41. The third kappa shape index (κ3) is 2.55. The molecule has 1 atom stereocenters. The molecule has 0 amide bonds. The van der Waals surface area contributed by atoms with Crippen LogP contribution in [0.1, 0.15) is 24.8 Å². The van der Waals surface area contributed by atoms with Crippen molar-refractivity contribution in [2.75, 3.05) is 14.2 Å². The highest BCUT2D eigenvalue weighted by molar-refractivity contribution is 9.10. The van der Waals surface area contributed by atoms with Crippen molar-refractivity contribution in [3.63, 3.8) is 0 Å². The number of aldehydes is 1. The van der Waals surface area contributed by atoms with Gasteiger partial charge in [-0.3, -0.25) is 0 Å². The van der Waals surface area contributed by atoms with Crippen molar-refractivity contribution < 1.29 is 14.3 Å². The highest BCUT2D eigenvalue weighted by atomic mass is 79.9. The van der Waals surface area contributed by atoms with Crippen LogP contribution in [0.15, 0.2) is 16.6 Å². The number of halogens is 1. The fourth-order valence-corrected chi connectivity index (χ4v) is 2.35. The summed E-state index contributed by atoms with van der Waals surface area (Å²) >= 11 is 3.47. The van der Waals surface area contributed by atoms with Gasteiger partial charge in [0.25, 0.3) is 0 Å². The third-order valence-electron chi connectivity index (χ3n) is 2.47. The van der Waals surface area contributed by atoms with Crippen LogP contribution in [0.2, 0.25) is 0 Å². The van der Waals surface area contributed by atoms with Crippen molar-refractivity contribution >= 4 is 22.2 Å². The second kappa shape index (κ2) is 5.89. The number of hydrogen-bond donors (Lipinski definition) is 0. The molecule has 0 aliphatic rings. The molecule has 0 N–H and O–H groups in total. The lowest BCUT2D eigenvalue weighted by Gasteiger charge is -2.18. The Morgan fingerprint density at radius 3 is 2.56 bits per heavy atom. The minimum atomic E-state index is 0.0944. The number of rotatable bonds is 5. The molecule has 1 aromatic carbocycles. The molecule has 0 aromatic heterocycles. The van der Waals surface area contributed by atoms with Crippen LogP contribution in [-0.2, 0) is 4.79 Å². The number of hydrogen-bond acceptors (Lipinski definition) is 3. The van der Waals surface area contributed by atoms with Crippen LogP contribution in [0.25, 0.3) is 0 Å². The Morgan fingerprint density at radius 1 is 1.38 bits per heavy atom. The Kier molecular flexibility index (Phi) is 4.80. The fourth-order valence-electron chi connectivity index (χ4n) is 1.65. The number of ether oxygens (including phenoxy) is 2. The van der Waals surface area contributed by atoms with Crippen LogP contribution in [0.3, 0.4) is 0 Å². The molecule has 1 unspecified atom stereocenters. The quantitative estimate of drug-likeness (QED) is 0.780. The number of benzene rings is 1. The van der Waals surface area contributed by atoms with E-state index in [1.807, 2.05) is 19.1 Å². The first-order valence-electron chi connectivity index (χ1n) is 4.99. The van der Waals surface area contributed by atoms with Crippen LogP contribution in [0, 0.1) is 0 Å². The van der Waals surface area contributed by atoms with Gasteiger partial charge in [-0.15, -0.1) is 0 Å². The molecule has 0 radical (unpaired) electrons. The Labute approximate surface area is 104 Å². The van der Waals surface area contributed by atoms with E-state index in [1.54, 1.807) is 14.2 Å². The van der Waals surface area contributed by atoms with Crippen molar-refractivity contribution in [3.05, 3.63) is 22.2 Å². The maximum atomic E-state index is 10.6. The summed E-state index contributed by atoms with van der Waals surface area (Å²) < 4.78 is 11.5. The number of carbonyl (C=O) groups excluding carboxylic acids is 1. The first-order valence-corrected chi connectivity index (χ1v) is 5.79. The minimum absolute atomic E-state index is 0.0944. The average Bonchev–Trinajstić information content (AvgIpc) is 2.28. The summed E-state index contributed by atoms with van der Waals surface area (Å²) in [7, 11) is 3.20. The maximum Gasteiger partial charge on any atom is 0.165 e. The zero-order valence-corrected chi connectivity index (χ0v) is 11.2. The number of carbonyl (C=O) groups is 1. The highest BCUT2D eigenvalue weighted by Gasteiger charge is 2.18. The normalized spacial score (nSPS) is 12.0. The van der Waals surface area contributed by atoms with Crippen LogP contribution >= 0.6 is 15.9 Å². The van der Waals surface area contributed by atoms with Gasteiger partial charge in [0.1, 0.15) is 6.29 Å². The lowest BCUT2D eigenvalue weighted by molar-refractivity contribution is -0.108. The summed E-state index contributed by atoms with van der Waals surface area (Å²) in [5.41, 5.74) is 0.967. The summed E-state index contributed by atoms with van der Waals surface area (Å²) in [5.74, 6) is 1.46. The third-order valence-corrected chi connectivity index (χ3v) is 3.16. The van der Waals surface area contributed by atoms with Gasteiger partial charge in [0.2, 0.25) is 0 Å². The molecule has 0 aliphatic carbocycles. The van der Waals surface area contributed by atoms with Gasteiger partial charge in [-0.25, -0.2) is 0 Å². The molecule has 0 spiro atoms. The fraction of sp³-hybridized carbons (Fsp3) is 0.417. The molecule has 1 rings (SSSR count). The predicted octanol–water partition coefficient (Wildman–Crippen LogP) is 3.16. The monoisotopic (exact) mass is 286 g/mol. The van der Waals surface area contributed by atoms with Crippen LogP contribution < -0.4 is 9.47 Å². The van der Waals surface area contributed by atoms with Crippen molar-refractivity contribution in [1.82, 2.24) is 0 Å². The molecule has 16 heavy (non-hydrogen) atoms. The Morgan fingerprint density at radius 2 is 2.06 bits per heavy atom. The molecule has 4 heteroatoms. The molecular formula is C12H15BrO3. The minimum Gasteiger partial charge on any atom is -0.493 e. The summed E-state index contributed by atoms with van der Waals surface area (Å²) in [6.07, 6.45) is 1.37. The van der Waals surface area contributed by atoms with E-state index in [0.29, 0.717) is 17.9 Å². The van der Waals surface area contributed by atoms with Gasteiger partial charge in [0, 0.05) is 16.5 Å². The molecule has 0 saturated heterocycles. The lowest BCUT2D eigenvalue weighted by Crippen LogP contribution is -2.02. The van der Waals surface area contributed by atoms with E-state index >= 15 is 0 Å². The second-order valence-electron chi connectivity index (χ2n) is 3.50. The van der Waals surface area contributed by atoms with Gasteiger partial charge < -0.3 is 14.3 Å². The SMILES string of the molecule is COc1ccc(Br)c(C(C)CC=O)c1OC. The van der Waals surface area contributed by atoms with E-state index in [0.717, 1.165) is 16.3 Å². The molecule has 1 aromatic rings. The van der Waals surface area contributed by atoms with E-state index in [9.17, 15) is 4.79 Å². The van der Waals surface area contributed by atoms with Gasteiger partial charge in [0.05, 0.1) is 14.2 Å². The summed E-state index contributed by atoms with van der Waals surface area (Å²) in [6.45, 7) is 1.98. The summed E-state index contributed by atoms with van der Waals surface area (Å²) in [6, 6.07) is 3.73. The molecule has 88 valence electrons. The van der Waals surface area contributed by atoms with Gasteiger partial charge >= 0.3 is 0 Å². The van der Waals surface area contributed by atoms with Crippen LogP contribution in [-0.4, -0.2) is 20.5 Å².